The molecule has 0 aromatic carbocycles. The van der Waals surface area contributed by atoms with Crippen LogP contribution in [-0.4, -0.2) is 17.8 Å². The van der Waals surface area contributed by atoms with E-state index in [0.717, 1.165) is 0 Å². The fraction of sp³-hybridized carbons (Fsp3) is 0.714. The van der Waals surface area contributed by atoms with Crippen LogP contribution in [0.4, 0.5) is 26.3 Å². The van der Waals surface area contributed by atoms with E-state index in [1.54, 1.807) is 0 Å². The highest BCUT2D eigenvalue weighted by molar-refractivity contribution is 5.04. The van der Waals surface area contributed by atoms with Crippen LogP contribution in [0.3, 0.4) is 0 Å². The van der Waals surface area contributed by atoms with Gasteiger partial charge >= 0.3 is 17.8 Å². The van der Waals surface area contributed by atoms with E-state index in [1.807, 2.05) is 0 Å². The lowest BCUT2D eigenvalue weighted by atomic mass is 10.0. The summed E-state index contributed by atoms with van der Waals surface area (Å²) in [7, 11) is 0. The zero-order valence-corrected chi connectivity index (χ0v) is 6.76. The quantitative estimate of drug-likeness (QED) is 0.488. The van der Waals surface area contributed by atoms with Crippen molar-refractivity contribution < 1.29 is 26.3 Å². The monoisotopic (exact) mass is 206 g/mol. The maximum Gasteiger partial charge on any atom is 0.375 e. The van der Waals surface area contributed by atoms with Gasteiger partial charge in [-0.15, -0.1) is 0 Å². The Kier molecular flexibility index (Phi) is 3.06. The number of allylic oxidation sites excluding steroid dienone is 1. The molecule has 13 heavy (non-hydrogen) atoms. The van der Waals surface area contributed by atoms with Crippen molar-refractivity contribution in [3.8, 4) is 0 Å². The van der Waals surface area contributed by atoms with E-state index in [-0.39, 0.29) is 0 Å². The zero-order valence-electron chi connectivity index (χ0n) is 6.76. The van der Waals surface area contributed by atoms with Gasteiger partial charge in [-0.25, -0.2) is 0 Å². The normalized spacial score (nSPS) is 14.4. The first-order valence-corrected chi connectivity index (χ1v) is 3.39. The predicted octanol–water partition coefficient (Wildman–Crippen LogP) is 3.49. The molecule has 0 fully saturated rings. The van der Waals surface area contributed by atoms with Gasteiger partial charge in [0.25, 0.3) is 0 Å². The Balaban J connectivity index is 5.06. The van der Waals surface area contributed by atoms with Crippen molar-refractivity contribution in [3.63, 3.8) is 0 Å². The Morgan fingerprint density at radius 1 is 1.08 bits per heavy atom. The van der Waals surface area contributed by atoms with Crippen LogP contribution < -0.4 is 0 Å². The van der Waals surface area contributed by atoms with Gasteiger partial charge < -0.3 is 0 Å². The first kappa shape index (κ1) is 12.3. The lowest BCUT2D eigenvalue weighted by Gasteiger charge is -2.30. The smallest absolute Gasteiger partial charge is 0.200 e. The van der Waals surface area contributed by atoms with Gasteiger partial charge in [0.1, 0.15) is 0 Å². The molecule has 78 valence electrons. The number of halogens is 6. The number of hydrogen-bond acceptors (Lipinski definition) is 0. The fourth-order valence-corrected chi connectivity index (χ4v) is 0.594. The minimum Gasteiger partial charge on any atom is -0.200 e. The van der Waals surface area contributed by atoms with E-state index in [9.17, 15) is 26.3 Å². The Labute approximate surface area is 71.2 Å². The van der Waals surface area contributed by atoms with Crippen LogP contribution in [0.2, 0.25) is 0 Å². The summed E-state index contributed by atoms with van der Waals surface area (Å²) < 4.78 is 74.0. The van der Waals surface area contributed by atoms with Crippen molar-refractivity contribution in [2.75, 3.05) is 0 Å². The summed E-state index contributed by atoms with van der Waals surface area (Å²) in [5, 5.41) is 0. The maximum absolute atomic E-state index is 12.4. The second kappa shape index (κ2) is 3.23. The van der Waals surface area contributed by atoms with E-state index in [0.29, 0.717) is 6.92 Å². The largest absolute Gasteiger partial charge is 0.375 e. The molecule has 0 aliphatic carbocycles. The third-order valence-corrected chi connectivity index (χ3v) is 1.58. The van der Waals surface area contributed by atoms with E-state index >= 15 is 0 Å². The van der Waals surface area contributed by atoms with E-state index in [2.05, 4.69) is 6.58 Å². The van der Waals surface area contributed by atoms with Gasteiger partial charge in [0, 0.05) is 6.42 Å². The Morgan fingerprint density at radius 2 is 1.46 bits per heavy atom. The second-order valence-electron chi connectivity index (χ2n) is 2.46. The van der Waals surface area contributed by atoms with Crippen LogP contribution in [-0.2, 0) is 0 Å². The van der Waals surface area contributed by atoms with Crippen LogP contribution in [0.25, 0.3) is 0 Å². The van der Waals surface area contributed by atoms with Gasteiger partial charge in [-0.3, -0.25) is 0 Å². The summed E-state index contributed by atoms with van der Waals surface area (Å²) in [6.07, 6.45) is -1.83. The van der Waals surface area contributed by atoms with Crippen LogP contribution in [0.15, 0.2) is 12.7 Å². The molecule has 0 aliphatic heterocycles. The molecule has 0 atom stereocenters. The van der Waals surface area contributed by atoms with Crippen molar-refractivity contribution in [2.45, 2.75) is 31.1 Å². The highest BCUT2D eigenvalue weighted by Crippen LogP contribution is 2.47. The maximum atomic E-state index is 12.4. The third-order valence-electron chi connectivity index (χ3n) is 1.58. The average Bonchev–Trinajstić information content (AvgIpc) is 2.03. The summed E-state index contributed by atoms with van der Waals surface area (Å²) >= 11 is 0. The molecular formula is C7H8F6. The van der Waals surface area contributed by atoms with Crippen LogP contribution in [0.1, 0.15) is 13.3 Å². The summed E-state index contributed by atoms with van der Waals surface area (Å²) in [4.78, 5) is 0. The Hall–Kier alpha value is -0.680. The molecule has 0 nitrogen and oxygen atoms in total. The topological polar surface area (TPSA) is 0 Å². The second-order valence-corrected chi connectivity index (χ2v) is 2.46. The highest BCUT2D eigenvalue weighted by Gasteiger charge is 2.69. The molecule has 0 heterocycles. The molecule has 0 aromatic heterocycles. The van der Waals surface area contributed by atoms with Crippen LogP contribution in [0, 0.1) is 0 Å². The molecule has 0 spiro atoms. The van der Waals surface area contributed by atoms with Crippen LogP contribution in [0.5, 0.6) is 0 Å². The molecule has 0 rings (SSSR count). The summed E-state index contributed by atoms with van der Waals surface area (Å²) in [6.45, 7) is 3.08. The molecule has 6 heteroatoms. The molecule has 0 saturated carbocycles. The minimum atomic E-state index is -5.39. The van der Waals surface area contributed by atoms with Crippen molar-refractivity contribution in [3.05, 3.63) is 12.7 Å². The molecule has 0 bridgehead atoms. The van der Waals surface area contributed by atoms with Crippen molar-refractivity contribution in [2.24, 2.45) is 0 Å². The first-order chi connectivity index (χ1) is 5.62. The molecular weight excluding hydrogens is 198 g/mol. The molecule has 0 radical (unpaired) electrons. The first-order valence-electron chi connectivity index (χ1n) is 3.39. The predicted molar refractivity (Wildman–Crippen MR) is 35.3 cm³/mol. The summed E-state index contributed by atoms with van der Waals surface area (Å²) in [6, 6.07) is 0. The lowest BCUT2D eigenvalue weighted by Crippen LogP contribution is -2.52. The Bertz CT molecular complexity index is 195. The average molecular weight is 206 g/mol. The molecule has 0 aliphatic rings. The fourth-order valence-electron chi connectivity index (χ4n) is 0.594. The van der Waals surface area contributed by atoms with Gasteiger partial charge in [0.2, 0.25) is 0 Å². The van der Waals surface area contributed by atoms with Gasteiger partial charge in [0.15, 0.2) is 0 Å². The van der Waals surface area contributed by atoms with Gasteiger partial charge in [0.05, 0.1) is 0 Å². The SMILES string of the molecule is C=CC(F)(F)C(F)(F)C(F)(F)CC. The van der Waals surface area contributed by atoms with Crippen LogP contribution >= 0.6 is 0 Å². The van der Waals surface area contributed by atoms with Gasteiger partial charge in [-0.05, 0) is 6.08 Å². The van der Waals surface area contributed by atoms with Crippen molar-refractivity contribution in [1.82, 2.24) is 0 Å². The van der Waals surface area contributed by atoms with E-state index < -0.39 is 30.3 Å². The lowest BCUT2D eigenvalue weighted by molar-refractivity contribution is -0.292. The van der Waals surface area contributed by atoms with Gasteiger partial charge in [-0.1, -0.05) is 13.5 Å². The molecule has 0 aromatic rings. The standard InChI is InChI=1S/C7H8F6/c1-3-5(8,9)7(12,13)6(10,11)4-2/h3H,1,4H2,2H3. The molecule has 0 N–H and O–H groups in total. The Morgan fingerprint density at radius 3 is 1.69 bits per heavy atom. The van der Waals surface area contributed by atoms with E-state index in [4.69, 9.17) is 0 Å². The highest BCUT2D eigenvalue weighted by atomic mass is 19.3. The minimum absolute atomic E-state index is 0.476. The molecule has 0 unspecified atom stereocenters. The van der Waals surface area contributed by atoms with E-state index in [1.165, 1.54) is 0 Å². The van der Waals surface area contributed by atoms with Gasteiger partial charge in [-0.2, -0.15) is 26.3 Å². The number of rotatable bonds is 4. The summed E-state index contributed by atoms with van der Waals surface area (Å²) in [5.41, 5.74) is 0. The number of alkyl halides is 6. The zero-order chi connectivity index (χ0) is 10.9. The van der Waals surface area contributed by atoms with Crippen molar-refractivity contribution >= 4 is 0 Å². The number of hydrogen-bond donors (Lipinski definition) is 0. The third kappa shape index (κ3) is 1.81. The van der Waals surface area contributed by atoms with Crippen molar-refractivity contribution in [1.29, 1.82) is 0 Å². The molecule has 0 amide bonds. The molecule has 0 saturated heterocycles. The summed E-state index contributed by atoms with van der Waals surface area (Å²) in [5.74, 6) is -15.0.